The van der Waals surface area contributed by atoms with Crippen LogP contribution in [0.15, 0.2) is 24.3 Å². The van der Waals surface area contributed by atoms with Gasteiger partial charge in [0, 0.05) is 37.6 Å². The van der Waals surface area contributed by atoms with E-state index in [0.717, 1.165) is 38.3 Å². The summed E-state index contributed by atoms with van der Waals surface area (Å²) < 4.78 is 5.30. The van der Waals surface area contributed by atoms with Gasteiger partial charge in [-0.15, -0.1) is 0 Å². The Kier molecular flexibility index (Phi) is 3.93. The summed E-state index contributed by atoms with van der Waals surface area (Å²) >= 11 is 0. The molecule has 1 saturated heterocycles. The molecule has 1 aliphatic heterocycles. The Balaban J connectivity index is 1.76. The maximum Gasteiger partial charge on any atom is 0.269 e. The fraction of sp³-hybridized carbons (Fsp3) is 0.500. The van der Waals surface area contributed by atoms with E-state index in [1.54, 1.807) is 12.1 Å². The third-order valence-corrected chi connectivity index (χ3v) is 2.98. The average molecular weight is 236 g/mol. The van der Waals surface area contributed by atoms with E-state index in [4.69, 9.17) is 4.74 Å². The first kappa shape index (κ1) is 11.9. The Bertz CT molecular complexity index is 372. The standard InChI is InChI=1S/C12H16N2O3/c15-14(16)12-3-1-11(2-4-12)13-7-5-10-6-8-17-9-10/h1-4,10,13H,5-9H2. The van der Waals surface area contributed by atoms with E-state index >= 15 is 0 Å². The van der Waals surface area contributed by atoms with Gasteiger partial charge in [-0.25, -0.2) is 0 Å². The summed E-state index contributed by atoms with van der Waals surface area (Å²) in [5.41, 5.74) is 1.05. The number of anilines is 1. The van der Waals surface area contributed by atoms with E-state index in [9.17, 15) is 10.1 Å². The number of ether oxygens (including phenoxy) is 1. The summed E-state index contributed by atoms with van der Waals surface area (Å²) in [5, 5.41) is 13.7. The molecule has 0 aliphatic carbocycles. The van der Waals surface area contributed by atoms with Crippen molar-refractivity contribution in [1.82, 2.24) is 0 Å². The number of nitrogens with one attached hydrogen (secondary N) is 1. The molecule has 0 radical (unpaired) electrons. The van der Waals surface area contributed by atoms with Crippen molar-refractivity contribution in [2.45, 2.75) is 12.8 Å². The molecule has 1 aromatic rings. The summed E-state index contributed by atoms with van der Waals surface area (Å²) in [6, 6.07) is 6.51. The smallest absolute Gasteiger partial charge is 0.269 e. The molecule has 1 N–H and O–H groups in total. The quantitative estimate of drug-likeness (QED) is 0.630. The summed E-state index contributed by atoms with van der Waals surface area (Å²) in [6.07, 6.45) is 2.22. The van der Waals surface area contributed by atoms with Gasteiger partial charge in [-0.3, -0.25) is 10.1 Å². The van der Waals surface area contributed by atoms with Crippen molar-refractivity contribution in [2.75, 3.05) is 25.1 Å². The van der Waals surface area contributed by atoms with Crippen LogP contribution in [0.1, 0.15) is 12.8 Å². The average Bonchev–Trinajstić information content (AvgIpc) is 2.83. The van der Waals surface area contributed by atoms with Crippen molar-refractivity contribution in [3.05, 3.63) is 34.4 Å². The van der Waals surface area contributed by atoms with Crippen LogP contribution in [-0.4, -0.2) is 24.7 Å². The number of non-ortho nitro benzene ring substituents is 1. The third kappa shape index (κ3) is 3.42. The van der Waals surface area contributed by atoms with Crippen LogP contribution >= 0.6 is 0 Å². The Labute approximate surface area is 99.9 Å². The van der Waals surface area contributed by atoms with Crippen LogP contribution in [0, 0.1) is 16.0 Å². The third-order valence-electron chi connectivity index (χ3n) is 2.98. The first-order valence-corrected chi connectivity index (χ1v) is 5.82. The Morgan fingerprint density at radius 3 is 2.76 bits per heavy atom. The van der Waals surface area contributed by atoms with E-state index in [0.29, 0.717) is 5.92 Å². The molecule has 0 aromatic heterocycles. The molecule has 1 aliphatic rings. The second-order valence-electron chi connectivity index (χ2n) is 4.25. The highest BCUT2D eigenvalue weighted by molar-refractivity contribution is 5.48. The van der Waals surface area contributed by atoms with Gasteiger partial charge in [-0.1, -0.05) is 0 Å². The summed E-state index contributed by atoms with van der Waals surface area (Å²) in [7, 11) is 0. The molecular formula is C12H16N2O3. The first-order valence-electron chi connectivity index (χ1n) is 5.82. The fourth-order valence-electron chi connectivity index (χ4n) is 1.93. The van der Waals surface area contributed by atoms with Gasteiger partial charge in [0.05, 0.1) is 4.92 Å². The highest BCUT2D eigenvalue weighted by Crippen LogP contribution is 2.18. The minimum atomic E-state index is -0.389. The van der Waals surface area contributed by atoms with Crippen LogP contribution < -0.4 is 5.32 Å². The normalized spacial score (nSPS) is 19.2. The molecule has 5 nitrogen and oxygen atoms in total. The summed E-state index contributed by atoms with van der Waals surface area (Å²) in [5.74, 6) is 0.653. The number of nitro benzene ring substituents is 1. The van der Waals surface area contributed by atoms with Gasteiger partial charge in [-0.2, -0.15) is 0 Å². The topological polar surface area (TPSA) is 64.4 Å². The van der Waals surface area contributed by atoms with Crippen LogP contribution in [-0.2, 0) is 4.74 Å². The number of benzene rings is 1. The van der Waals surface area contributed by atoms with Crippen molar-refractivity contribution >= 4 is 11.4 Å². The van der Waals surface area contributed by atoms with Gasteiger partial charge >= 0.3 is 0 Å². The largest absolute Gasteiger partial charge is 0.385 e. The minimum Gasteiger partial charge on any atom is -0.385 e. The zero-order valence-corrected chi connectivity index (χ0v) is 9.59. The van der Waals surface area contributed by atoms with Gasteiger partial charge < -0.3 is 10.1 Å². The number of hydrogen-bond donors (Lipinski definition) is 1. The van der Waals surface area contributed by atoms with Gasteiger partial charge in [0.1, 0.15) is 0 Å². The molecule has 17 heavy (non-hydrogen) atoms. The summed E-state index contributed by atoms with van der Waals surface area (Å²) in [6.45, 7) is 2.62. The van der Waals surface area contributed by atoms with Crippen molar-refractivity contribution in [3.63, 3.8) is 0 Å². The molecule has 1 heterocycles. The molecule has 0 bridgehead atoms. The molecule has 1 fully saturated rings. The van der Waals surface area contributed by atoms with Crippen molar-refractivity contribution in [1.29, 1.82) is 0 Å². The molecule has 92 valence electrons. The first-order chi connectivity index (χ1) is 8.25. The van der Waals surface area contributed by atoms with Gasteiger partial charge in [-0.05, 0) is 30.9 Å². The van der Waals surface area contributed by atoms with Gasteiger partial charge in [0.25, 0.3) is 5.69 Å². The van der Waals surface area contributed by atoms with Crippen LogP contribution in [0.5, 0.6) is 0 Å². The Morgan fingerprint density at radius 2 is 2.18 bits per heavy atom. The number of rotatable bonds is 5. The fourth-order valence-corrected chi connectivity index (χ4v) is 1.93. The monoisotopic (exact) mass is 236 g/mol. The predicted molar refractivity (Wildman–Crippen MR) is 65.1 cm³/mol. The zero-order chi connectivity index (χ0) is 12.1. The van der Waals surface area contributed by atoms with Crippen LogP contribution in [0.2, 0.25) is 0 Å². The summed E-state index contributed by atoms with van der Waals surface area (Å²) in [4.78, 5) is 10.1. The van der Waals surface area contributed by atoms with E-state index in [2.05, 4.69) is 5.32 Å². The highest BCUT2D eigenvalue weighted by Gasteiger charge is 2.14. The molecule has 0 spiro atoms. The number of hydrogen-bond acceptors (Lipinski definition) is 4. The zero-order valence-electron chi connectivity index (χ0n) is 9.59. The lowest BCUT2D eigenvalue weighted by Gasteiger charge is -2.09. The van der Waals surface area contributed by atoms with E-state index in [1.165, 1.54) is 12.1 Å². The lowest BCUT2D eigenvalue weighted by molar-refractivity contribution is -0.384. The molecule has 0 saturated carbocycles. The lowest BCUT2D eigenvalue weighted by atomic mass is 10.1. The molecule has 2 rings (SSSR count). The highest BCUT2D eigenvalue weighted by atomic mass is 16.6. The predicted octanol–water partition coefficient (Wildman–Crippen LogP) is 2.43. The molecule has 0 amide bonds. The Morgan fingerprint density at radius 1 is 1.41 bits per heavy atom. The molecule has 1 atom stereocenters. The lowest BCUT2D eigenvalue weighted by Crippen LogP contribution is -2.08. The van der Waals surface area contributed by atoms with Gasteiger partial charge in [0.15, 0.2) is 0 Å². The maximum absolute atomic E-state index is 10.5. The number of nitrogens with zero attached hydrogens (tertiary/aromatic N) is 1. The second kappa shape index (κ2) is 5.63. The van der Waals surface area contributed by atoms with Crippen LogP contribution in [0.3, 0.4) is 0 Å². The SMILES string of the molecule is O=[N+]([O-])c1ccc(NCCC2CCOC2)cc1. The van der Waals surface area contributed by atoms with E-state index < -0.39 is 0 Å². The Hall–Kier alpha value is -1.62. The van der Waals surface area contributed by atoms with Crippen molar-refractivity contribution in [3.8, 4) is 0 Å². The van der Waals surface area contributed by atoms with Crippen molar-refractivity contribution < 1.29 is 9.66 Å². The van der Waals surface area contributed by atoms with Crippen LogP contribution in [0.4, 0.5) is 11.4 Å². The maximum atomic E-state index is 10.5. The number of nitro groups is 1. The van der Waals surface area contributed by atoms with E-state index in [1.807, 2.05) is 0 Å². The molecular weight excluding hydrogens is 220 g/mol. The molecule has 1 aromatic carbocycles. The minimum absolute atomic E-state index is 0.125. The molecule has 1 unspecified atom stereocenters. The van der Waals surface area contributed by atoms with Gasteiger partial charge in [0.2, 0.25) is 0 Å². The van der Waals surface area contributed by atoms with Crippen molar-refractivity contribution in [2.24, 2.45) is 5.92 Å². The second-order valence-corrected chi connectivity index (χ2v) is 4.25. The van der Waals surface area contributed by atoms with Crippen LogP contribution in [0.25, 0.3) is 0 Å². The molecule has 5 heteroatoms. The van der Waals surface area contributed by atoms with E-state index in [-0.39, 0.29) is 10.6 Å².